The molecule has 0 fully saturated rings. The number of ether oxygens (including phenoxy) is 4. The fourth-order valence-corrected chi connectivity index (χ4v) is 3.05. The molecule has 0 saturated carbocycles. The van der Waals surface area contributed by atoms with Crippen LogP contribution in [0, 0.1) is 0 Å². The van der Waals surface area contributed by atoms with Crippen LogP contribution in [0.1, 0.15) is 38.2 Å². The zero-order valence-corrected chi connectivity index (χ0v) is 17.8. The molecule has 1 aromatic heterocycles. The van der Waals surface area contributed by atoms with Crippen LogP contribution in [0.4, 0.5) is 0 Å². The lowest BCUT2D eigenvalue weighted by Crippen LogP contribution is -2.14. The second kappa shape index (κ2) is 9.98. The van der Waals surface area contributed by atoms with Crippen molar-refractivity contribution in [2.75, 3.05) is 26.9 Å². The maximum atomic E-state index is 6.43. The van der Waals surface area contributed by atoms with Crippen molar-refractivity contribution in [3.05, 3.63) is 47.8 Å². The quantitative estimate of drug-likeness (QED) is 0.523. The van der Waals surface area contributed by atoms with E-state index in [0.29, 0.717) is 54.5 Å². The molecule has 0 aliphatic carbocycles. The highest BCUT2D eigenvalue weighted by Crippen LogP contribution is 2.33. The van der Waals surface area contributed by atoms with Crippen molar-refractivity contribution in [1.29, 1.82) is 0 Å². The Hall–Kier alpha value is -3.26. The molecule has 3 aromatic rings. The Labute approximate surface area is 176 Å². The van der Waals surface area contributed by atoms with Gasteiger partial charge in [-0.2, -0.15) is 5.10 Å². The van der Waals surface area contributed by atoms with Crippen molar-refractivity contribution in [2.24, 2.45) is 5.73 Å². The smallest absolute Gasteiger partial charge is 0.181 e. The number of hydrogen-bond acceptors (Lipinski definition) is 7. The van der Waals surface area contributed by atoms with E-state index in [2.05, 4.69) is 15.2 Å². The predicted octanol–water partition coefficient (Wildman–Crippen LogP) is 3.72. The molecule has 1 heterocycles. The van der Waals surface area contributed by atoms with Crippen LogP contribution in [-0.2, 0) is 0 Å². The Balaban J connectivity index is 1.87. The molecular weight excluding hydrogens is 384 g/mol. The van der Waals surface area contributed by atoms with E-state index in [1.165, 1.54) is 0 Å². The van der Waals surface area contributed by atoms with Crippen molar-refractivity contribution >= 4 is 0 Å². The van der Waals surface area contributed by atoms with Gasteiger partial charge in [0.2, 0.25) is 0 Å². The number of methoxy groups -OCH3 is 1. The van der Waals surface area contributed by atoms with Gasteiger partial charge in [0.25, 0.3) is 0 Å². The lowest BCUT2D eigenvalue weighted by molar-refractivity contribution is 0.288. The summed E-state index contributed by atoms with van der Waals surface area (Å²) in [5.41, 5.74) is 8.07. The van der Waals surface area contributed by atoms with Gasteiger partial charge >= 0.3 is 0 Å². The highest BCUT2D eigenvalue weighted by molar-refractivity contribution is 5.61. The van der Waals surface area contributed by atoms with E-state index < -0.39 is 6.04 Å². The van der Waals surface area contributed by atoms with E-state index >= 15 is 0 Å². The second-order valence-electron chi connectivity index (χ2n) is 6.39. The van der Waals surface area contributed by atoms with E-state index in [1.54, 1.807) is 7.11 Å². The number of nitrogens with two attached hydrogens (primary N) is 1. The second-order valence-corrected chi connectivity index (χ2v) is 6.39. The molecule has 30 heavy (non-hydrogen) atoms. The third kappa shape index (κ3) is 4.65. The van der Waals surface area contributed by atoms with Gasteiger partial charge in [-0.3, -0.25) is 5.10 Å². The van der Waals surface area contributed by atoms with Gasteiger partial charge < -0.3 is 24.7 Å². The Morgan fingerprint density at radius 2 is 1.50 bits per heavy atom. The fraction of sp³-hybridized carbons (Fsp3) is 0.364. The first-order valence-electron chi connectivity index (χ1n) is 9.99. The molecule has 0 radical (unpaired) electrons. The molecule has 2 aromatic carbocycles. The van der Waals surface area contributed by atoms with Crippen LogP contribution in [0.25, 0.3) is 11.4 Å². The summed E-state index contributed by atoms with van der Waals surface area (Å²) in [6.07, 6.45) is 0. The Kier molecular flexibility index (Phi) is 7.13. The topological polar surface area (TPSA) is 105 Å². The summed E-state index contributed by atoms with van der Waals surface area (Å²) in [6.45, 7) is 7.40. The molecule has 8 heteroatoms. The van der Waals surface area contributed by atoms with E-state index in [0.717, 1.165) is 11.1 Å². The maximum absolute atomic E-state index is 6.43. The molecule has 3 N–H and O–H groups in total. The molecule has 0 saturated heterocycles. The van der Waals surface area contributed by atoms with Gasteiger partial charge in [0.05, 0.1) is 33.0 Å². The van der Waals surface area contributed by atoms with Gasteiger partial charge in [0, 0.05) is 5.56 Å². The Morgan fingerprint density at radius 3 is 2.17 bits per heavy atom. The minimum Gasteiger partial charge on any atom is -0.493 e. The number of aromatic amines is 1. The van der Waals surface area contributed by atoms with E-state index in [4.69, 9.17) is 24.7 Å². The summed E-state index contributed by atoms with van der Waals surface area (Å²) < 4.78 is 22.3. The molecule has 0 amide bonds. The van der Waals surface area contributed by atoms with Crippen molar-refractivity contribution in [1.82, 2.24) is 15.2 Å². The number of hydrogen-bond donors (Lipinski definition) is 2. The number of H-pyrrole nitrogens is 1. The van der Waals surface area contributed by atoms with Gasteiger partial charge in [-0.25, -0.2) is 4.98 Å². The summed E-state index contributed by atoms with van der Waals surface area (Å²) in [5.74, 6) is 3.72. The van der Waals surface area contributed by atoms with Gasteiger partial charge in [0.1, 0.15) is 5.82 Å². The lowest BCUT2D eigenvalue weighted by Gasteiger charge is -2.14. The third-order valence-electron chi connectivity index (χ3n) is 4.45. The zero-order valence-electron chi connectivity index (χ0n) is 17.8. The number of aromatic nitrogens is 3. The molecular formula is C22H28N4O4. The van der Waals surface area contributed by atoms with Crippen LogP contribution in [0.2, 0.25) is 0 Å². The minimum atomic E-state index is -0.495. The largest absolute Gasteiger partial charge is 0.493 e. The summed E-state index contributed by atoms with van der Waals surface area (Å²) in [7, 11) is 1.60. The van der Waals surface area contributed by atoms with Gasteiger partial charge in [-0.05, 0) is 56.7 Å². The monoisotopic (exact) mass is 412 g/mol. The van der Waals surface area contributed by atoms with E-state index in [-0.39, 0.29) is 0 Å². The number of nitrogens with zero attached hydrogens (tertiary/aromatic N) is 2. The van der Waals surface area contributed by atoms with Crippen molar-refractivity contribution in [2.45, 2.75) is 26.8 Å². The standard InChI is InChI=1S/C22H28N4O4/c1-5-28-17-11-9-15(13-19(17)30-7-3)21-24-22(26-25-21)20(23)14-8-10-16(27-4)18(12-14)29-6-2/h8-13,20H,5-7,23H2,1-4H3,(H,24,25,26)/t20-/m1/s1. The van der Waals surface area contributed by atoms with Crippen molar-refractivity contribution < 1.29 is 18.9 Å². The average Bonchev–Trinajstić information content (AvgIpc) is 3.25. The number of nitrogens with one attached hydrogen (secondary N) is 1. The number of benzene rings is 2. The minimum absolute atomic E-state index is 0.495. The van der Waals surface area contributed by atoms with Crippen LogP contribution in [0.3, 0.4) is 0 Å². The summed E-state index contributed by atoms with van der Waals surface area (Å²) in [5, 5.41) is 7.28. The van der Waals surface area contributed by atoms with Gasteiger partial charge in [-0.15, -0.1) is 0 Å². The third-order valence-corrected chi connectivity index (χ3v) is 4.45. The lowest BCUT2D eigenvalue weighted by atomic mass is 10.1. The van der Waals surface area contributed by atoms with E-state index in [9.17, 15) is 0 Å². The summed E-state index contributed by atoms with van der Waals surface area (Å²) >= 11 is 0. The first-order chi connectivity index (χ1) is 14.6. The van der Waals surface area contributed by atoms with Gasteiger partial charge in [-0.1, -0.05) is 6.07 Å². The average molecular weight is 412 g/mol. The molecule has 0 aliphatic rings. The molecule has 0 unspecified atom stereocenters. The normalized spacial score (nSPS) is 11.8. The Bertz CT molecular complexity index is 974. The summed E-state index contributed by atoms with van der Waals surface area (Å²) in [6, 6.07) is 10.7. The van der Waals surface area contributed by atoms with Gasteiger partial charge in [0.15, 0.2) is 28.8 Å². The molecule has 0 bridgehead atoms. The zero-order chi connectivity index (χ0) is 21.5. The molecule has 0 spiro atoms. The maximum Gasteiger partial charge on any atom is 0.181 e. The van der Waals surface area contributed by atoms with Crippen molar-refractivity contribution in [3.63, 3.8) is 0 Å². The molecule has 160 valence electrons. The first kappa shape index (κ1) is 21.4. The Morgan fingerprint density at radius 1 is 0.867 bits per heavy atom. The predicted molar refractivity (Wildman–Crippen MR) is 114 cm³/mol. The molecule has 3 rings (SSSR count). The molecule has 1 atom stereocenters. The van der Waals surface area contributed by atoms with Crippen LogP contribution in [0.5, 0.6) is 23.0 Å². The van der Waals surface area contributed by atoms with Crippen LogP contribution in [0.15, 0.2) is 36.4 Å². The van der Waals surface area contributed by atoms with Crippen LogP contribution < -0.4 is 24.7 Å². The van der Waals surface area contributed by atoms with E-state index in [1.807, 2.05) is 57.2 Å². The fourth-order valence-electron chi connectivity index (χ4n) is 3.05. The number of rotatable bonds is 10. The molecule has 8 nitrogen and oxygen atoms in total. The highest BCUT2D eigenvalue weighted by atomic mass is 16.5. The van der Waals surface area contributed by atoms with Crippen molar-refractivity contribution in [3.8, 4) is 34.4 Å². The van der Waals surface area contributed by atoms with Crippen LogP contribution in [-0.4, -0.2) is 42.1 Å². The molecule has 0 aliphatic heterocycles. The summed E-state index contributed by atoms with van der Waals surface area (Å²) in [4.78, 5) is 4.59. The highest BCUT2D eigenvalue weighted by Gasteiger charge is 2.18. The SMILES string of the molecule is CCOc1cc([C@@H](N)c2nc(-c3ccc(OCC)c(OCC)c3)n[nH]2)ccc1OC. The first-order valence-corrected chi connectivity index (χ1v) is 9.99. The van der Waals surface area contributed by atoms with Crippen LogP contribution >= 0.6 is 0 Å².